The second-order valence-corrected chi connectivity index (χ2v) is 5.69. The molecule has 0 aromatic heterocycles. The van der Waals surface area contributed by atoms with Crippen molar-refractivity contribution in [3.63, 3.8) is 0 Å². The van der Waals surface area contributed by atoms with E-state index in [0.29, 0.717) is 11.8 Å². The first-order chi connectivity index (χ1) is 9.09. The van der Waals surface area contributed by atoms with Gasteiger partial charge in [0.2, 0.25) is 0 Å². The SMILES string of the molecule is CC(C)CNCC(=CC=Cc1ccccc1)C(C)C. The molecule has 1 nitrogen and oxygen atoms in total. The molecule has 19 heavy (non-hydrogen) atoms. The summed E-state index contributed by atoms with van der Waals surface area (Å²) in [6.07, 6.45) is 6.55. The Labute approximate surface area is 118 Å². The third-order valence-corrected chi connectivity index (χ3v) is 3.02. The lowest BCUT2D eigenvalue weighted by atomic mass is 10.0. The highest BCUT2D eigenvalue weighted by Gasteiger charge is 2.02. The van der Waals surface area contributed by atoms with Crippen LogP contribution < -0.4 is 5.32 Å². The summed E-state index contributed by atoms with van der Waals surface area (Å²) in [6, 6.07) is 10.4. The van der Waals surface area contributed by atoms with Crippen molar-refractivity contribution < 1.29 is 0 Å². The molecule has 0 unspecified atom stereocenters. The first-order valence-corrected chi connectivity index (χ1v) is 7.22. The Morgan fingerprint density at radius 1 is 1.11 bits per heavy atom. The van der Waals surface area contributed by atoms with Crippen molar-refractivity contribution in [1.29, 1.82) is 0 Å². The molecule has 1 aromatic rings. The van der Waals surface area contributed by atoms with Gasteiger partial charge in [-0.25, -0.2) is 0 Å². The number of allylic oxidation sites excluding steroid dienone is 2. The summed E-state index contributed by atoms with van der Waals surface area (Å²) in [6.45, 7) is 11.0. The summed E-state index contributed by atoms with van der Waals surface area (Å²) in [5, 5.41) is 3.51. The van der Waals surface area contributed by atoms with Gasteiger partial charge in [-0.15, -0.1) is 0 Å². The summed E-state index contributed by atoms with van der Waals surface area (Å²) in [5.74, 6) is 1.29. The maximum Gasteiger partial charge on any atom is 0.0170 e. The zero-order valence-corrected chi connectivity index (χ0v) is 12.7. The molecule has 0 bridgehead atoms. The van der Waals surface area contributed by atoms with Crippen molar-refractivity contribution in [2.45, 2.75) is 27.7 Å². The van der Waals surface area contributed by atoms with Crippen LogP contribution in [0.2, 0.25) is 0 Å². The Kier molecular flexibility index (Phi) is 7.20. The van der Waals surface area contributed by atoms with E-state index < -0.39 is 0 Å². The van der Waals surface area contributed by atoms with Gasteiger partial charge in [0.1, 0.15) is 0 Å². The highest BCUT2D eigenvalue weighted by Crippen LogP contribution is 2.10. The molecule has 0 aliphatic rings. The van der Waals surface area contributed by atoms with E-state index in [1.165, 1.54) is 11.1 Å². The van der Waals surface area contributed by atoms with E-state index in [1.807, 2.05) is 6.07 Å². The van der Waals surface area contributed by atoms with Crippen molar-refractivity contribution in [3.05, 3.63) is 53.6 Å². The minimum absolute atomic E-state index is 0.583. The average molecular weight is 257 g/mol. The van der Waals surface area contributed by atoms with Gasteiger partial charge in [0.25, 0.3) is 0 Å². The second kappa shape index (κ2) is 8.71. The molecule has 0 saturated carbocycles. The molecule has 1 heteroatoms. The molecule has 1 aromatic carbocycles. The molecule has 0 spiro atoms. The molecule has 104 valence electrons. The fourth-order valence-corrected chi connectivity index (χ4v) is 1.81. The minimum Gasteiger partial charge on any atom is -0.313 e. The van der Waals surface area contributed by atoms with E-state index in [-0.39, 0.29) is 0 Å². The lowest BCUT2D eigenvalue weighted by molar-refractivity contribution is 0.557. The molecular formula is C18H27N. The van der Waals surface area contributed by atoms with Crippen molar-refractivity contribution in [2.24, 2.45) is 11.8 Å². The zero-order chi connectivity index (χ0) is 14.1. The summed E-state index contributed by atoms with van der Waals surface area (Å²) >= 11 is 0. The van der Waals surface area contributed by atoms with Crippen LogP contribution in [0.4, 0.5) is 0 Å². The lowest BCUT2D eigenvalue weighted by Crippen LogP contribution is -2.23. The summed E-state index contributed by atoms with van der Waals surface area (Å²) in [5.41, 5.74) is 2.70. The average Bonchev–Trinajstić information content (AvgIpc) is 2.37. The smallest absolute Gasteiger partial charge is 0.0170 e. The van der Waals surface area contributed by atoms with Crippen molar-refractivity contribution in [2.75, 3.05) is 13.1 Å². The van der Waals surface area contributed by atoms with Gasteiger partial charge in [-0.05, 0) is 23.9 Å². The molecule has 0 aliphatic heterocycles. The van der Waals surface area contributed by atoms with E-state index in [0.717, 1.165) is 13.1 Å². The van der Waals surface area contributed by atoms with Gasteiger partial charge in [0.05, 0.1) is 0 Å². The Morgan fingerprint density at radius 3 is 2.37 bits per heavy atom. The van der Waals surface area contributed by atoms with Gasteiger partial charge < -0.3 is 5.32 Å². The van der Waals surface area contributed by atoms with Crippen LogP contribution in [0.15, 0.2) is 48.1 Å². The van der Waals surface area contributed by atoms with Crippen molar-refractivity contribution in [1.82, 2.24) is 5.32 Å². The standard InChI is InChI=1S/C18H27N/c1-15(2)13-19-14-18(16(3)4)12-8-11-17-9-6-5-7-10-17/h5-12,15-16,19H,13-14H2,1-4H3. The largest absolute Gasteiger partial charge is 0.313 e. The summed E-state index contributed by atoms with van der Waals surface area (Å²) in [4.78, 5) is 0. The molecule has 0 amide bonds. The molecular weight excluding hydrogens is 230 g/mol. The maximum absolute atomic E-state index is 3.51. The number of hydrogen-bond donors (Lipinski definition) is 1. The second-order valence-electron chi connectivity index (χ2n) is 5.69. The molecule has 0 saturated heterocycles. The maximum atomic E-state index is 3.51. The first-order valence-electron chi connectivity index (χ1n) is 7.22. The number of nitrogens with one attached hydrogen (secondary N) is 1. The predicted octanol–water partition coefficient (Wildman–Crippen LogP) is 4.53. The highest BCUT2D eigenvalue weighted by molar-refractivity contribution is 5.51. The van der Waals surface area contributed by atoms with Crippen LogP contribution in [-0.4, -0.2) is 13.1 Å². The minimum atomic E-state index is 0.583. The van der Waals surface area contributed by atoms with Crippen molar-refractivity contribution in [3.8, 4) is 0 Å². The fraction of sp³-hybridized carbons (Fsp3) is 0.444. The van der Waals surface area contributed by atoms with E-state index in [1.54, 1.807) is 0 Å². The van der Waals surface area contributed by atoms with Crippen LogP contribution in [-0.2, 0) is 0 Å². The molecule has 0 aliphatic carbocycles. The lowest BCUT2D eigenvalue weighted by Gasteiger charge is -2.13. The topological polar surface area (TPSA) is 12.0 Å². The van der Waals surface area contributed by atoms with Gasteiger partial charge in [0, 0.05) is 6.54 Å². The highest BCUT2D eigenvalue weighted by atomic mass is 14.9. The van der Waals surface area contributed by atoms with E-state index in [2.05, 4.69) is 75.5 Å². The third kappa shape index (κ3) is 6.97. The summed E-state index contributed by atoms with van der Waals surface area (Å²) in [7, 11) is 0. The fourth-order valence-electron chi connectivity index (χ4n) is 1.81. The van der Waals surface area contributed by atoms with Crippen LogP contribution in [0.3, 0.4) is 0 Å². The Hall–Kier alpha value is -1.34. The molecule has 0 atom stereocenters. The molecule has 0 fully saturated rings. The van der Waals surface area contributed by atoms with Crippen LogP contribution in [0.1, 0.15) is 33.3 Å². The normalized spacial score (nSPS) is 12.8. The molecule has 1 N–H and O–H groups in total. The Balaban J connectivity index is 2.56. The van der Waals surface area contributed by atoms with Gasteiger partial charge in [-0.2, -0.15) is 0 Å². The molecule has 0 heterocycles. The van der Waals surface area contributed by atoms with Crippen LogP contribution >= 0.6 is 0 Å². The zero-order valence-electron chi connectivity index (χ0n) is 12.7. The van der Waals surface area contributed by atoms with E-state index in [9.17, 15) is 0 Å². The molecule has 0 radical (unpaired) electrons. The number of hydrogen-bond acceptors (Lipinski definition) is 1. The van der Waals surface area contributed by atoms with Crippen LogP contribution in [0.5, 0.6) is 0 Å². The van der Waals surface area contributed by atoms with Gasteiger partial charge in [-0.1, -0.05) is 81.8 Å². The number of rotatable bonds is 7. The van der Waals surface area contributed by atoms with E-state index >= 15 is 0 Å². The predicted molar refractivity (Wildman–Crippen MR) is 86.1 cm³/mol. The third-order valence-electron chi connectivity index (χ3n) is 3.02. The van der Waals surface area contributed by atoms with Crippen molar-refractivity contribution >= 4 is 6.08 Å². The van der Waals surface area contributed by atoms with Gasteiger partial charge in [0.15, 0.2) is 0 Å². The number of benzene rings is 1. The van der Waals surface area contributed by atoms with Gasteiger partial charge >= 0.3 is 0 Å². The van der Waals surface area contributed by atoms with Gasteiger partial charge in [-0.3, -0.25) is 0 Å². The van der Waals surface area contributed by atoms with E-state index in [4.69, 9.17) is 0 Å². The monoisotopic (exact) mass is 257 g/mol. The first kappa shape index (κ1) is 15.7. The molecule has 1 rings (SSSR count). The Bertz CT molecular complexity index is 399. The quantitative estimate of drug-likeness (QED) is 0.708. The van der Waals surface area contributed by atoms with Crippen LogP contribution in [0.25, 0.3) is 6.08 Å². The summed E-state index contributed by atoms with van der Waals surface area (Å²) < 4.78 is 0. The Morgan fingerprint density at radius 2 is 1.79 bits per heavy atom. The van der Waals surface area contributed by atoms with Crippen LogP contribution in [0, 0.1) is 11.8 Å².